The number of allylic oxidation sites excluding steroid dienone is 1. The van der Waals surface area contributed by atoms with Gasteiger partial charge in [0, 0.05) is 57.0 Å². The Morgan fingerprint density at radius 1 is 0.786 bits per heavy atom. The highest BCUT2D eigenvalue weighted by Gasteiger charge is 2.29. The van der Waals surface area contributed by atoms with Gasteiger partial charge in [0.25, 0.3) is 0 Å². The fraction of sp³-hybridized carbons (Fsp3) is 0.375. The van der Waals surface area contributed by atoms with E-state index in [1.54, 1.807) is 0 Å². The maximum atomic E-state index is 12.8. The number of Topliss-reactive ketones (excluding diaryl/α,β-unsaturated/α-hetero) is 1. The fourth-order valence-corrected chi connectivity index (χ4v) is 4.31. The van der Waals surface area contributed by atoms with Crippen LogP contribution in [0.25, 0.3) is 0 Å². The normalized spacial score (nSPS) is 21.9. The molecule has 0 spiro atoms. The SMILES string of the molecule is NC1=C(CN2CCN(Cc3ccccc3)CC2)C(=O)CC(c2ccccc2)C1. The summed E-state index contributed by atoms with van der Waals surface area (Å²) >= 11 is 0. The van der Waals surface area contributed by atoms with E-state index in [1.807, 2.05) is 18.2 Å². The lowest BCUT2D eigenvalue weighted by Crippen LogP contribution is -2.47. The van der Waals surface area contributed by atoms with Crippen molar-refractivity contribution < 1.29 is 4.79 Å². The molecule has 4 heteroatoms. The van der Waals surface area contributed by atoms with Gasteiger partial charge in [-0.25, -0.2) is 0 Å². The van der Waals surface area contributed by atoms with E-state index in [4.69, 9.17) is 5.73 Å². The van der Waals surface area contributed by atoms with Crippen LogP contribution in [0.5, 0.6) is 0 Å². The lowest BCUT2D eigenvalue weighted by molar-refractivity contribution is -0.116. The molecule has 0 amide bonds. The van der Waals surface area contributed by atoms with E-state index >= 15 is 0 Å². The zero-order valence-corrected chi connectivity index (χ0v) is 16.4. The number of hydrogen-bond donors (Lipinski definition) is 1. The Morgan fingerprint density at radius 2 is 1.36 bits per heavy atom. The van der Waals surface area contributed by atoms with Crippen molar-refractivity contribution in [2.45, 2.75) is 25.3 Å². The van der Waals surface area contributed by atoms with Gasteiger partial charge >= 0.3 is 0 Å². The number of piperazine rings is 1. The zero-order chi connectivity index (χ0) is 19.3. The second-order valence-electron chi connectivity index (χ2n) is 7.98. The molecule has 1 aliphatic heterocycles. The molecule has 1 fully saturated rings. The molecule has 1 heterocycles. The average Bonchev–Trinajstić information content (AvgIpc) is 2.73. The summed E-state index contributed by atoms with van der Waals surface area (Å²) in [6.07, 6.45) is 1.37. The molecule has 1 unspecified atom stereocenters. The van der Waals surface area contributed by atoms with Crippen molar-refractivity contribution in [2.75, 3.05) is 32.7 Å². The summed E-state index contributed by atoms with van der Waals surface area (Å²) in [4.78, 5) is 17.7. The number of carbonyl (C=O) groups is 1. The van der Waals surface area contributed by atoms with Crippen LogP contribution in [0.4, 0.5) is 0 Å². The van der Waals surface area contributed by atoms with Crippen LogP contribution in [-0.4, -0.2) is 48.3 Å². The van der Waals surface area contributed by atoms with E-state index in [9.17, 15) is 4.79 Å². The molecule has 1 aliphatic carbocycles. The summed E-state index contributed by atoms with van der Waals surface area (Å²) in [7, 11) is 0. The van der Waals surface area contributed by atoms with Crippen LogP contribution in [0.3, 0.4) is 0 Å². The minimum Gasteiger partial charge on any atom is -0.402 e. The Balaban J connectivity index is 1.33. The Kier molecular flexibility index (Phi) is 5.89. The first-order chi connectivity index (χ1) is 13.7. The number of benzene rings is 2. The van der Waals surface area contributed by atoms with E-state index in [0.29, 0.717) is 13.0 Å². The van der Waals surface area contributed by atoms with E-state index in [1.165, 1.54) is 11.1 Å². The molecule has 1 saturated heterocycles. The third-order valence-electron chi connectivity index (χ3n) is 5.99. The summed E-state index contributed by atoms with van der Waals surface area (Å²) < 4.78 is 0. The lowest BCUT2D eigenvalue weighted by Gasteiger charge is -2.36. The first-order valence-corrected chi connectivity index (χ1v) is 10.2. The van der Waals surface area contributed by atoms with Crippen molar-refractivity contribution in [3.8, 4) is 0 Å². The second-order valence-corrected chi connectivity index (χ2v) is 7.98. The molecular weight excluding hydrogens is 346 g/mol. The van der Waals surface area contributed by atoms with E-state index in [-0.39, 0.29) is 11.7 Å². The Morgan fingerprint density at radius 3 is 1.96 bits per heavy atom. The number of rotatable bonds is 5. The Hall–Kier alpha value is -2.43. The van der Waals surface area contributed by atoms with Crippen molar-refractivity contribution in [1.29, 1.82) is 0 Å². The molecule has 4 nitrogen and oxygen atoms in total. The van der Waals surface area contributed by atoms with Gasteiger partial charge in [0.05, 0.1) is 0 Å². The van der Waals surface area contributed by atoms with Crippen LogP contribution in [0.15, 0.2) is 71.9 Å². The molecule has 2 N–H and O–H groups in total. The van der Waals surface area contributed by atoms with Gasteiger partial charge in [0.15, 0.2) is 5.78 Å². The predicted octanol–water partition coefficient (Wildman–Crippen LogP) is 3.16. The molecule has 0 aromatic heterocycles. The molecule has 0 bridgehead atoms. The van der Waals surface area contributed by atoms with Gasteiger partial charge < -0.3 is 5.73 Å². The predicted molar refractivity (Wildman–Crippen MR) is 113 cm³/mol. The third kappa shape index (κ3) is 4.51. The van der Waals surface area contributed by atoms with Crippen LogP contribution >= 0.6 is 0 Å². The summed E-state index contributed by atoms with van der Waals surface area (Å²) in [5.41, 5.74) is 10.6. The van der Waals surface area contributed by atoms with Gasteiger partial charge in [0.1, 0.15) is 0 Å². The van der Waals surface area contributed by atoms with Crippen molar-refractivity contribution in [3.05, 3.63) is 83.1 Å². The third-order valence-corrected chi connectivity index (χ3v) is 5.99. The molecule has 2 aromatic rings. The maximum Gasteiger partial charge on any atom is 0.162 e. The van der Waals surface area contributed by atoms with E-state index < -0.39 is 0 Å². The van der Waals surface area contributed by atoms with Crippen molar-refractivity contribution >= 4 is 5.78 Å². The van der Waals surface area contributed by atoms with Crippen LogP contribution in [-0.2, 0) is 11.3 Å². The number of ketones is 1. The highest BCUT2D eigenvalue weighted by atomic mass is 16.1. The number of hydrogen-bond acceptors (Lipinski definition) is 4. The number of nitrogens with two attached hydrogens (primary N) is 1. The van der Waals surface area contributed by atoms with Crippen molar-refractivity contribution in [3.63, 3.8) is 0 Å². The summed E-state index contributed by atoms with van der Waals surface area (Å²) in [5, 5.41) is 0. The average molecular weight is 376 g/mol. The number of carbonyl (C=O) groups excluding carboxylic acids is 1. The molecule has 4 rings (SSSR count). The van der Waals surface area contributed by atoms with Gasteiger partial charge in [0.2, 0.25) is 0 Å². The molecule has 28 heavy (non-hydrogen) atoms. The topological polar surface area (TPSA) is 49.6 Å². The molecule has 2 aliphatic rings. The zero-order valence-electron chi connectivity index (χ0n) is 16.4. The molecule has 1 atom stereocenters. The minimum atomic E-state index is 0.222. The fourth-order valence-electron chi connectivity index (χ4n) is 4.31. The van der Waals surface area contributed by atoms with Gasteiger partial charge in [-0.3, -0.25) is 14.6 Å². The molecule has 146 valence electrons. The van der Waals surface area contributed by atoms with Gasteiger partial charge in [-0.2, -0.15) is 0 Å². The molecule has 2 aromatic carbocycles. The quantitative estimate of drug-likeness (QED) is 0.872. The van der Waals surface area contributed by atoms with Gasteiger partial charge in [-0.15, -0.1) is 0 Å². The largest absolute Gasteiger partial charge is 0.402 e. The lowest BCUT2D eigenvalue weighted by atomic mass is 9.82. The summed E-state index contributed by atoms with van der Waals surface area (Å²) in [6.45, 7) is 5.73. The summed E-state index contributed by atoms with van der Waals surface area (Å²) in [6, 6.07) is 20.9. The molecule has 0 radical (unpaired) electrons. The van der Waals surface area contributed by atoms with Crippen molar-refractivity contribution in [1.82, 2.24) is 9.80 Å². The van der Waals surface area contributed by atoms with Crippen LogP contribution < -0.4 is 5.73 Å². The first kappa shape index (κ1) is 18.9. The first-order valence-electron chi connectivity index (χ1n) is 10.2. The maximum absolute atomic E-state index is 12.8. The highest BCUT2D eigenvalue weighted by molar-refractivity contribution is 5.98. The van der Waals surface area contributed by atoms with E-state index in [2.05, 4.69) is 52.3 Å². The van der Waals surface area contributed by atoms with Crippen LogP contribution in [0, 0.1) is 0 Å². The van der Waals surface area contributed by atoms with Crippen molar-refractivity contribution in [2.24, 2.45) is 5.73 Å². The van der Waals surface area contributed by atoms with Gasteiger partial charge in [-0.05, 0) is 23.5 Å². The molecular formula is C24H29N3O. The Labute approximate surface area is 167 Å². The summed E-state index contributed by atoms with van der Waals surface area (Å²) in [5.74, 6) is 0.449. The standard InChI is InChI=1S/C24H29N3O/c25-23-15-21(20-9-5-2-6-10-20)16-24(28)22(23)18-27-13-11-26(12-14-27)17-19-7-3-1-4-8-19/h1-10,21H,11-18,25H2. The number of nitrogens with zero attached hydrogens (tertiary/aromatic N) is 2. The monoisotopic (exact) mass is 375 g/mol. The van der Waals surface area contributed by atoms with Gasteiger partial charge in [-0.1, -0.05) is 60.7 Å². The smallest absolute Gasteiger partial charge is 0.162 e. The molecule has 0 saturated carbocycles. The van der Waals surface area contributed by atoms with E-state index in [0.717, 1.165) is 50.4 Å². The minimum absolute atomic E-state index is 0.222. The Bertz CT molecular complexity index is 823. The highest BCUT2D eigenvalue weighted by Crippen LogP contribution is 2.32. The van der Waals surface area contributed by atoms with Crippen LogP contribution in [0.1, 0.15) is 29.9 Å². The second kappa shape index (κ2) is 8.72. The van der Waals surface area contributed by atoms with Crippen LogP contribution in [0.2, 0.25) is 0 Å².